The largest absolute Gasteiger partial charge is 0.469 e. The fraction of sp³-hybridized carbons (Fsp3) is 0.143. The summed E-state index contributed by atoms with van der Waals surface area (Å²) in [5, 5.41) is 12.6. The number of nitrogens with one attached hydrogen (secondary N) is 1. The Kier molecular flexibility index (Phi) is 6.15. The SMILES string of the molecule is Cc1occc1-c1nnc(SCC(=O)Nc2ccc(Cl)cn2)n1Cc1ccccc1. The van der Waals surface area contributed by atoms with Crippen molar-refractivity contribution in [3.05, 3.63) is 77.3 Å². The maximum atomic E-state index is 12.4. The first kappa shape index (κ1) is 20.2. The quantitative estimate of drug-likeness (QED) is 0.421. The molecule has 1 aromatic carbocycles. The Morgan fingerprint density at radius 1 is 1.17 bits per heavy atom. The van der Waals surface area contributed by atoms with Gasteiger partial charge < -0.3 is 9.73 Å². The summed E-state index contributed by atoms with van der Waals surface area (Å²) in [5.74, 6) is 1.89. The van der Waals surface area contributed by atoms with Gasteiger partial charge in [0.15, 0.2) is 11.0 Å². The van der Waals surface area contributed by atoms with Crippen molar-refractivity contribution in [2.45, 2.75) is 18.6 Å². The lowest BCUT2D eigenvalue weighted by Gasteiger charge is -2.10. The number of rotatable bonds is 7. The van der Waals surface area contributed by atoms with Crippen molar-refractivity contribution in [1.29, 1.82) is 0 Å². The second-order valence-electron chi connectivity index (χ2n) is 6.47. The lowest BCUT2D eigenvalue weighted by molar-refractivity contribution is -0.113. The molecule has 0 spiro atoms. The molecule has 3 aromatic heterocycles. The van der Waals surface area contributed by atoms with Crippen LogP contribution in [-0.2, 0) is 11.3 Å². The van der Waals surface area contributed by atoms with Crippen LogP contribution in [0.25, 0.3) is 11.4 Å². The van der Waals surface area contributed by atoms with Crippen LogP contribution in [0.1, 0.15) is 11.3 Å². The van der Waals surface area contributed by atoms with E-state index in [1.807, 2.05) is 47.9 Å². The highest BCUT2D eigenvalue weighted by Crippen LogP contribution is 2.28. The zero-order valence-corrected chi connectivity index (χ0v) is 17.7. The molecule has 4 rings (SSSR count). The summed E-state index contributed by atoms with van der Waals surface area (Å²) in [6.07, 6.45) is 3.12. The van der Waals surface area contributed by atoms with Crippen molar-refractivity contribution in [2.75, 3.05) is 11.1 Å². The van der Waals surface area contributed by atoms with Gasteiger partial charge in [0.2, 0.25) is 5.91 Å². The monoisotopic (exact) mass is 439 g/mol. The number of carbonyl (C=O) groups excluding carboxylic acids is 1. The Labute approximate surface area is 182 Å². The third-order valence-electron chi connectivity index (χ3n) is 4.33. The van der Waals surface area contributed by atoms with Gasteiger partial charge in [0, 0.05) is 6.20 Å². The second-order valence-corrected chi connectivity index (χ2v) is 7.85. The van der Waals surface area contributed by atoms with E-state index in [1.165, 1.54) is 18.0 Å². The molecule has 4 aromatic rings. The molecule has 1 N–H and O–H groups in total. The molecule has 9 heteroatoms. The Balaban J connectivity index is 1.53. The molecule has 0 radical (unpaired) electrons. The molecule has 0 unspecified atom stereocenters. The fourth-order valence-corrected chi connectivity index (χ4v) is 3.73. The maximum Gasteiger partial charge on any atom is 0.236 e. The van der Waals surface area contributed by atoms with Crippen molar-refractivity contribution in [3.63, 3.8) is 0 Å². The molecule has 0 aliphatic carbocycles. The molecule has 0 aliphatic heterocycles. The molecule has 3 heterocycles. The number of pyridine rings is 1. The summed E-state index contributed by atoms with van der Waals surface area (Å²) in [6, 6.07) is 15.2. The van der Waals surface area contributed by atoms with E-state index in [0.29, 0.717) is 28.4 Å². The minimum absolute atomic E-state index is 0.168. The average molecular weight is 440 g/mol. The fourth-order valence-electron chi connectivity index (χ4n) is 2.88. The van der Waals surface area contributed by atoms with Gasteiger partial charge in [0.25, 0.3) is 0 Å². The minimum Gasteiger partial charge on any atom is -0.469 e. The first-order valence-electron chi connectivity index (χ1n) is 9.16. The Morgan fingerprint density at radius 2 is 2.00 bits per heavy atom. The first-order valence-corrected chi connectivity index (χ1v) is 10.5. The van der Waals surface area contributed by atoms with E-state index in [4.69, 9.17) is 16.0 Å². The van der Waals surface area contributed by atoms with E-state index in [9.17, 15) is 4.79 Å². The Morgan fingerprint density at radius 3 is 2.70 bits per heavy atom. The maximum absolute atomic E-state index is 12.4. The van der Waals surface area contributed by atoms with Gasteiger partial charge in [-0.1, -0.05) is 53.7 Å². The number of amides is 1. The molecular formula is C21H18ClN5O2S. The molecule has 0 saturated heterocycles. The normalized spacial score (nSPS) is 10.9. The summed E-state index contributed by atoms with van der Waals surface area (Å²) in [4.78, 5) is 16.4. The third kappa shape index (κ3) is 4.72. The zero-order chi connectivity index (χ0) is 20.9. The molecule has 0 atom stereocenters. The van der Waals surface area contributed by atoms with Crippen molar-refractivity contribution in [1.82, 2.24) is 19.7 Å². The minimum atomic E-state index is -0.190. The summed E-state index contributed by atoms with van der Waals surface area (Å²) < 4.78 is 7.43. The summed E-state index contributed by atoms with van der Waals surface area (Å²) in [7, 11) is 0. The van der Waals surface area contributed by atoms with Crippen LogP contribution in [0.2, 0.25) is 5.02 Å². The number of thioether (sulfide) groups is 1. The highest BCUT2D eigenvalue weighted by molar-refractivity contribution is 7.99. The number of furan rings is 1. The summed E-state index contributed by atoms with van der Waals surface area (Å²) in [6.45, 7) is 2.47. The molecule has 0 aliphatic rings. The number of aromatic nitrogens is 4. The lowest BCUT2D eigenvalue weighted by Crippen LogP contribution is -2.15. The number of hydrogen-bond donors (Lipinski definition) is 1. The lowest BCUT2D eigenvalue weighted by atomic mass is 10.2. The van der Waals surface area contributed by atoms with E-state index in [-0.39, 0.29) is 11.7 Å². The van der Waals surface area contributed by atoms with E-state index in [1.54, 1.807) is 18.4 Å². The predicted molar refractivity (Wildman–Crippen MR) is 117 cm³/mol. The van der Waals surface area contributed by atoms with E-state index in [0.717, 1.165) is 16.9 Å². The van der Waals surface area contributed by atoms with Crippen LogP contribution in [0.4, 0.5) is 5.82 Å². The van der Waals surface area contributed by atoms with Crippen molar-refractivity contribution in [2.24, 2.45) is 0 Å². The van der Waals surface area contributed by atoms with E-state index in [2.05, 4.69) is 20.5 Å². The molecule has 0 saturated carbocycles. The van der Waals surface area contributed by atoms with Crippen LogP contribution < -0.4 is 5.32 Å². The van der Waals surface area contributed by atoms with Gasteiger partial charge in [-0.3, -0.25) is 9.36 Å². The summed E-state index contributed by atoms with van der Waals surface area (Å²) in [5.41, 5.74) is 1.98. The van der Waals surface area contributed by atoms with Crippen LogP contribution in [0.15, 0.2) is 70.6 Å². The molecule has 152 valence electrons. The molecule has 30 heavy (non-hydrogen) atoms. The molecule has 0 bridgehead atoms. The summed E-state index contributed by atoms with van der Waals surface area (Å²) >= 11 is 7.14. The number of aryl methyl sites for hydroxylation is 1. The van der Waals surface area contributed by atoms with Gasteiger partial charge in [-0.15, -0.1) is 10.2 Å². The highest BCUT2D eigenvalue weighted by Gasteiger charge is 2.18. The predicted octanol–water partition coefficient (Wildman–Crippen LogP) is 4.67. The molecular weight excluding hydrogens is 422 g/mol. The topological polar surface area (TPSA) is 85.8 Å². The highest BCUT2D eigenvalue weighted by atomic mass is 35.5. The first-order chi connectivity index (χ1) is 14.6. The van der Waals surface area contributed by atoms with Gasteiger partial charge in [-0.05, 0) is 30.7 Å². The van der Waals surface area contributed by atoms with E-state index < -0.39 is 0 Å². The third-order valence-corrected chi connectivity index (χ3v) is 5.52. The van der Waals surface area contributed by atoms with Crippen LogP contribution in [0.3, 0.4) is 0 Å². The number of benzene rings is 1. The number of hydrogen-bond acceptors (Lipinski definition) is 6. The Hall–Kier alpha value is -3.10. The Bertz CT molecular complexity index is 1140. The van der Waals surface area contributed by atoms with Gasteiger partial charge in [-0.2, -0.15) is 0 Å². The number of anilines is 1. The smallest absolute Gasteiger partial charge is 0.236 e. The van der Waals surface area contributed by atoms with Gasteiger partial charge in [0.1, 0.15) is 11.6 Å². The number of carbonyl (C=O) groups is 1. The van der Waals surface area contributed by atoms with Crippen LogP contribution >= 0.6 is 23.4 Å². The van der Waals surface area contributed by atoms with E-state index >= 15 is 0 Å². The van der Waals surface area contributed by atoms with Gasteiger partial charge in [0.05, 0.1) is 29.1 Å². The van der Waals surface area contributed by atoms with Gasteiger partial charge >= 0.3 is 0 Å². The second kappa shape index (κ2) is 9.15. The zero-order valence-electron chi connectivity index (χ0n) is 16.1. The van der Waals surface area contributed by atoms with Crippen molar-refractivity contribution < 1.29 is 9.21 Å². The van der Waals surface area contributed by atoms with Crippen LogP contribution in [0.5, 0.6) is 0 Å². The number of halogens is 1. The standard InChI is InChI=1S/C21H18ClN5O2S/c1-14-17(9-10-29-14)20-25-26-21(27(20)12-15-5-3-2-4-6-15)30-13-19(28)24-18-8-7-16(22)11-23-18/h2-11H,12-13H2,1H3,(H,23,24,28). The van der Waals surface area contributed by atoms with Crippen molar-refractivity contribution >= 4 is 35.1 Å². The van der Waals surface area contributed by atoms with Crippen molar-refractivity contribution in [3.8, 4) is 11.4 Å². The van der Waals surface area contributed by atoms with Crippen LogP contribution in [0, 0.1) is 6.92 Å². The molecule has 7 nitrogen and oxygen atoms in total. The number of nitrogens with zero attached hydrogens (tertiary/aromatic N) is 4. The molecule has 0 fully saturated rings. The van der Waals surface area contributed by atoms with Crippen LogP contribution in [-0.4, -0.2) is 31.4 Å². The molecule has 1 amide bonds. The van der Waals surface area contributed by atoms with Gasteiger partial charge in [-0.25, -0.2) is 4.98 Å². The average Bonchev–Trinajstić information content (AvgIpc) is 3.34.